The van der Waals surface area contributed by atoms with Crippen LogP contribution in [0.25, 0.3) is 0 Å². The predicted octanol–water partition coefficient (Wildman–Crippen LogP) is 2.29. The van der Waals surface area contributed by atoms with E-state index in [4.69, 9.17) is 4.74 Å². The number of carbonyl (C=O) groups excluding carboxylic acids is 3. The molecule has 1 fully saturated rings. The molecular weight excluding hydrogens is 340 g/mol. The quantitative estimate of drug-likeness (QED) is 0.832. The number of amides is 2. The first-order valence-electron chi connectivity index (χ1n) is 8.53. The Morgan fingerprint density at radius 1 is 1.36 bits per heavy atom. The van der Waals surface area contributed by atoms with Gasteiger partial charge in [0, 0.05) is 18.0 Å². The third-order valence-electron chi connectivity index (χ3n) is 4.43. The van der Waals surface area contributed by atoms with Gasteiger partial charge in [-0.25, -0.2) is 0 Å². The lowest BCUT2D eigenvalue weighted by atomic mass is 10.0. The number of fused-ring (bicyclic) bond motifs is 1. The van der Waals surface area contributed by atoms with E-state index in [1.807, 2.05) is 24.3 Å². The molecule has 0 spiro atoms. The van der Waals surface area contributed by atoms with Crippen LogP contribution in [0.1, 0.15) is 26.2 Å². The molecule has 0 aromatic heterocycles. The molecule has 2 aliphatic rings. The summed E-state index contributed by atoms with van der Waals surface area (Å²) in [6.45, 7) is 3.30. The second-order valence-electron chi connectivity index (χ2n) is 6.54. The molecule has 1 N–H and O–H groups in total. The van der Waals surface area contributed by atoms with Gasteiger partial charge in [0.2, 0.25) is 5.91 Å². The molecule has 2 heterocycles. The van der Waals surface area contributed by atoms with Crippen LogP contribution < -0.4 is 5.32 Å². The summed E-state index contributed by atoms with van der Waals surface area (Å²) in [5.41, 5.74) is 0.761. The van der Waals surface area contributed by atoms with Gasteiger partial charge in [0.05, 0.1) is 17.4 Å². The standard InChI is InChI=1S/C18H22N2O4S/c1-12-5-4-8-20(10-12)16(21)11-24-17(22)9-15-18(23)19-13-6-2-3-7-14(13)25-15/h2-3,6-7,12,15H,4-5,8-11H2,1H3,(H,19,23)/t12-,15-/m1/s1. The lowest BCUT2D eigenvalue weighted by Gasteiger charge is -2.30. The van der Waals surface area contributed by atoms with Crippen LogP contribution in [0.3, 0.4) is 0 Å². The van der Waals surface area contributed by atoms with Gasteiger partial charge in [-0.05, 0) is 30.9 Å². The Bertz CT molecular complexity index is 679. The lowest BCUT2D eigenvalue weighted by Crippen LogP contribution is -2.41. The smallest absolute Gasteiger partial charge is 0.307 e. The van der Waals surface area contributed by atoms with Crippen molar-refractivity contribution < 1.29 is 19.1 Å². The zero-order valence-electron chi connectivity index (χ0n) is 14.2. The molecule has 1 saturated heterocycles. The van der Waals surface area contributed by atoms with Gasteiger partial charge in [-0.15, -0.1) is 11.8 Å². The highest BCUT2D eigenvalue weighted by molar-refractivity contribution is 8.01. The third-order valence-corrected chi connectivity index (χ3v) is 5.70. The topological polar surface area (TPSA) is 75.7 Å². The van der Waals surface area contributed by atoms with E-state index < -0.39 is 11.2 Å². The van der Waals surface area contributed by atoms with E-state index in [-0.39, 0.29) is 24.8 Å². The summed E-state index contributed by atoms with van der Waals surface area (Å²) in [5.74, 6) is -0.413. The van der Waals surface area contributed by atoms with Crippen LogP contribution >= 0.6 is 11.8 Å². The SMILES string of the molecule is C[C@@H]1CCCN(C(=O)COC(=O)C[C@H]2Sc3ccccc3NC2=O)C1. The molecule has 2 amide bonds. The fraction of sp³-hybridized carbons (Fsp3) is 0.500. The molecule has 0 aliphatic carbocycles. The van der Waals surface area contributed by atoms with E-state index in [0.29, 0.717) is 12.5 Å². The maximum atomic E-state index is 12.1. The molecule has 1 aromatic carbocycles. The number of rotatable bonds is 4. The van der Waals surface area contributed by atoms with Crippen molar-refractivity contribution in [2.24, 2.45) is 5.92 Å². The molecule has 3 rings (SSSR count). The number of esters is 1. The van der Waals surface area contributed by atoms with Crippen LogP contribution in [-0.2, 0) is 19.1 Å². The van der Waals surface area contributed by atoms with Gasteiger partial charge in [0.25, 0.3) is 5.91 Å². The van der Waals surface area contributed by atoms with E-state index in [1.54, 1.807) is 4.90 Å². The van der Waals surface area contributed by atoms with E-state index in [9.17, 15) is 14.4 Å². The van der Waals surface area contributed by atoms with Crippen LogP contribution in [0.5, 0.6) is 0 Å². The van der Waals surface area contributed by atoms with E-state index in [0.717, 1.165) is 30.0 Å². The number of likely N-dealkylation sites (tertiary alicyclic amines) is 1. The Morgan fingerprint density at radius 2 is 2.16 bits per heavy atom. The Morgan fingerprint density at radius 3 is 2.96 bits per heavy atom. The minimum absolute atomic E-state index is 0.0471. The maximum Gasteiger partial charge on any atom is 0.307 e. The Balaban J connectivity index is 1.48. The van der Waals surface area contributed by atoms with Crippen LogP contribution in [0, 0.1) is 5.92 Å². The molecule has 7 heteroatoms. The molecule has 2 atom stereocenters. The van der Waals surface area contributed by atoms with Gasteiger partial charge in [0.1, 0.15) is 0 Å². The molecule has 0 unspecified atom stereocenters. The molecule has 1 aromatic rings. The summed E-state index contributed by atoms with van der Waals surface area (Å²) < 4.78 is 5.11. The van der Waals surface area contributed by atoms with Crippen molar-refractivity contribution in [3.05, 3.63) is 24.3 Å². The number of hydrogen-bond donors (Lipinski definition) is 1. The van der Waals surface area contributed by atoms with E-state index >= 15 is 0 Å². The third kappa shape index (κ3) is 4.54. The summed E-state index contributed by atoms with van der Waals surface area (Å²) in [6.07, 6.45) is 2.06. The molecule has 25 heavy (non-hydrogen) atoms. The van der Waals surface area contributed by atoms with Crippen molar-refractivity contribution in [3.8, 4) is 0 Å². The number of anilines is 1. The highest BCUT2D eigenvalue weighted by Crippen LogP contribution is 2.36. The molecule has 0 saturated carbocycles. The summed E-state index contributed by atoms with van der Waals surface area (Å²) in [6, 6.07) is 7.46. The normalized spacial score (nSPS) is 22.8. The van der Waals surface area contributed by atoms with Crippen LogP contribution in [0.15, 0.2) is 29.2 Å². The molecule has 0 bridgehead atoms. The second-order valence-corrected chi connectivity index (χ2v) is 7.79. The van der Waals surface area contributed by atoms with Gasteiger partial charge < -0.3 is 15.0 Å². The average Bonchev–Trinajstić information content (AvgIpc) is 2.60. The maximum absolute atomic E-state index is 12.1. The van der Waals surface area contributed by atoms with Crippen LogP contribution in [0.2, 0.25) is 0 Å². The Hall–Kier alpha value is -2.02. The fourth-order valence-corrected chi connectivity index (χ4v) is 4.18. The molecular formula is C18H22N2O4S. The van der Waals surface area contributed by atoms with Gasteiger partial charge >= 0.3 is 5.97 Å². The number of hydrogen-bond acceptors (Lipinski definition) is 5. The number of piperidine rings is 1. The first kappa shape index (κ1) is 17.8. The summed E-state index contributed by atoms with van der Waals surface area (Å²) in [7, 11) is 0. The monoisotopic (exact) mass is 362 g/mol. The highest BCUT2D eigenvalue weighted by atomic mass is 32.2. The number of benzene rings is 1. The molecule has 2 aliphatic heterocycles. The highest BCUT2D eigenvalue weighted by Gasteiger charge is 2.30. The van der Waals surface area contributed by atoms with Gasteiger partial charge in [-0.3, -0.25) is 14.4 Å². The van der Waals surface area contributed by atoms with Crippen molar-refractivity contribution in [3.63, 3.8) is 0 Å². The number of para-hydroxylation sites is 1. The van der Waals surface area contributed by atoms with Crippen molar-refractivity contribution in [2.45, 2.75) is 36.3 Å². The fourth-order valence-electron chi connectivity index (χ4n) is 3.09. The molecule has 134 valence electrons. The average molecular weight is 362 g/mol. The zero-order chi connectivity index (χ0) is 17.8. The Labute approximate surface area is 151 Å². The van der Waals surface area contributed by atoms with Crippen LogP contribution in [-0.4, -0.2) is 47.6 Å². The first-order valence-corrected chi connectivity index (χ1v) is 9.41. The van der Waals surface area contributed by atoms with Crippen LogP contribution in [0.4, 0.5) is 5.69 Å². The second kappa shape index (κ2) is 7.91. The van der Waals surface area contributed by atoms with Gasteiger partial charge in [-0.1, -0.05) is 19.1 Å². The summed E-state index contributed by atoms with van der Waals surface area (Å²) >= 11 is 1.35. The number of ether oxygens (including phenoxy) is 1. The van der Waals surface area contributed by atoms with Crippen molar-refractivity contribution in [2.75, 3.05) is 25.0 Å². The van der Waals surface area contributed by atoms with E-state index in [2.05, 4.69) is 12.2 Å². The van der Waals surface area contributed by atoms with Crippen molar-refractivity contribution >= 4 is 35.2 Å². The number of nitrogens with zero attached hydrogens (tertiary/aromatic N) is 1. The molecule has 0 radical (unpaired) electrons. The largest absolute Gasteiger partial charge is 0.456 e. The first-order chi connectivity index (χ1) is 12.0. The lowest BCUT2D eigenvalue weighted by molar-refractivity contribution is -0.153. The van der Waals surface area contributed by atoms with Gasteiger partial charge in [0.15, 0.2) is 6.61 Å². The minimum Gasteiger partial charge on any atom is -0.456 e. The van der Waals surface area contributed by atoms with Gasteiger partial charge in [-0.2, -0.15) is 0 Å². The summed E-state index contributed by atoms with van der Waals surface area (Å²) in [5, 5.41) is 2.26. The predicted molar refractivity (Wildman–Crippen MR) is 95.3 cm³/mol. The number of nitrogens with one attached hydrogen (secondary N) is 1. The summed E-state index contributed by atoms with van der Waals surface area (Å²) in [4.78, 5) is 38.9. The van der Waals surface area contributed by atoms with Crippen molar-refractivity contribution in [1.29, 1.82) is 0 Å². The zero-order valence-corrected chi connectivity index (χ0v) is 15.0. The van der Waals surface area contributed by atoms with Crippen molar-refractivity contribution in [1.82, 2.24) is 4.90 Å². The molecule has 6 nitrogen and oxygen atoms in total. The van der Waals surface area contributed by atoms with E-state index in [1.165, 1.54) is 11.8 Å². The number of carbonyl (C=O) groups is 3. The number of thioether (sulfide) groups is 1. The Kier molecular flexibility index (Phi) is 5.63. The minimum atomic E-state index is -0.535.